The molecular weight excluding hydrogens is 264 g/mol. The number of carbonyl (C=O) groups is 1. The van der Waals surface area contributed by atoms with Gasteiger partial charge in [-0.2, -0.15) is 0 Å². The van der Waals surface area contributed by atoms with Crippen molar-refractivity contribution in [2.24, 2.45) is 5.92 Å². The van der Waals surface area contributed by atoms with Gasteiger partial charge in [0.2, 0.25) is 5.91 Å². The normalized spacial score (nSPS) is 17.2. The summed E-state index contributed by atoms with van der Waals surface area (Å²) in [6, 6.07) is 5.92. The van der Waals surface area contributed by atoms with E-state index in [0.717, 1.165) is 37.9 Å². The molecule has 3 heterocycles. The van der Waals surface area contributed by atoms with Crippen LogP contribution in [0.4, 0.5) is 0 Å². The maximum Gasteiger partial charge on any atom is 0.224 e. The topological polar surface area (TPSA) is 59.8 Å². The van der Waals surface area contributed by atoms with Crippen LogP contribution >= 0.6 is 0 Å². The van der Waals surface area contributed by atoms with E-state index in [-0.39, 0.29) is 11.8 Å². The van der Waals surface area contributed by atoms with Gasteiger partial charge in [0.25, 0.3) is 0 Å². The van der Waals surface area contributed by atoms with E-state index < -0.39 is 0 Å². The molecule has 0 spiro atoms. The largest absolute Gasteiger partial charge is 0.356 e. The second-order valence-corrected chi connectivity index (χ2v) is 5.49. The van der Waals surface area contributed by atoms with Crippen molar-refractivity contribution in [3.8, 4) is 0 Å². The average molecular weight is 284 g/mol. The van der Waals surface area contributed by atoms with Crippen LogP contribution in [0.3, 0.4) is 0 Å². The summed E-state index contributed by atoms with van der Waals surface area (Å²) in [6.45, 7) is 1.46. The first-order valence-electron chi connectivity index (χ1n) is 7.49. The average Bonchev–Trinajstić information content (AvgIpc) is 3.00. The van der Waals surface area contributed by atoms with Gasteiger partial charge in [-0.1, -0.05) is 6.07 Å². The Bertz CT molecular complexity index is 593. The van der Waals surface area contributed by atoms with E-state index in [1.165, 1.54) is 5.69 Å². The highest BCUT2D eigenvalue weighted by Crippen LogP contribution is 2.19. The molecule has 2 aromatic rings. The first-order valence-corrected chi connectivity index (χ1v) is 7.49. The van der Waals surface area contributed by atoms with E-state index in [9.17, 15) is 4.79 Å². The van der Waals surface area contributed by atoms with Crippen molar-refractivity contribution in [2.45, 2.75) is 32.2 Å². The number of hydrogen-bond acceptors (Lipinski definition) is 3. The molecule has 0 bridgehead atoms. The molecule has 1 aliphatic rings. The minimum Gasteiger partial charge on any atom is -0.356 e. The van der Waals surface area contributed by atoms with Gasteiger partial charge in [-0.05, 0) is 37.8 Å². The predicted molar refractivity (Wildman–Crippen MR) is 79.6 cm³/mol. The fourth-order valence-corrected chi connectivity index (χ4v) is 2.76. The number of aromatic nitrogens is 3. The lowest BCUT2D eigenvalue weighted by atomic mass is 9.97. The molecule has 5 nitrogen and oxygen atoms in total. The van der Waals surface area contributed by atoms with Crippen LogP contribution in [-0.4, -0.2) is 27.0 Å². The van der Waals surface area contributed by atoms with Crippen molar-refractivity contribution in [3.05, 3.63) is 48.3 Å². The van der Waals surface area contributed by atoms with Gasteiger partial charge in [-0.3, -0.25) is 9.78 Å². The number of hydrogen-bond donors (Lipinski definition) is 1. The van der Waals surface area contributed by atoms with Crippen LogP contribution in [0.2, 0.25) is 0 Å². The smallest absolute Gasteiger partial charge is 0.224 e. The van der Waals surface area contributed by atoms with Crippen LogP contribution < -0.4 is 5.32 Å². The third-order valence-corrected chi connectivity index (χ3v) is 3.97. The molecule has 1 N–H and O–H groups in total. The Morgan fingerprint density at radius 3 is 3.24 bits per heavy atom. The number of imidazole rings is 1. The third kappa shape index (κ3) is 3.48. The second kappa shape index (κ2) is 6.52. The number of rotatable bonds is 5. The number of carbonyl (C=O) groups excluding carboxylic acids is 1. The van der Waals surface area contributed by atoms with Gasteiger partial charge in [0.05, 0.1) is 12.2 Å². The number of amides is 1. The lowest BCUT2D eigenvalue weighted by molar-refractivity contribution is -0.125. The third-order valence-electron chi connectivity index (χ3n) is 3.97. The van der Waals surface area contributed by atoms with E-state index in [0.29, 0.717) is 6.54 Å². The Balaban J connectivity index is 1.41. The summed E-state index contributed by atoms with van der Waals surface area (Å²) >= 11 is 0. The maximum absolute atomic E-state index is 12.2. The molecule has 0 saturated heterocycles. The van der Waals surface area contributed by atoms with Gasteiger partial charge < -0.3 is 9.88 Å². The molecule has 110 valence electrons. The highest BCUT2D eigenvalue weighted by molar-refractivity contribution is 5.78. The van der Waals surface area contributed by atoms with Crippen LogP contribution in [0, 0.1) is 5.92 Å². The van der Waals surface area contributed by atoms with Crippen molar-refractivity contribution >= 4 is 5.91 Å². The van der Waals surface area contributed by atoms with Crippen molar-refractivity contribution in [1.29, 1.82) is 0 Å². The van der Waals surface area contributed by atoms with Gasteiger partial charge in [0.15, 0.2) is 0 Å². The number of aryl methyl sites for hydroxylation is 2. The summed E-state index contributed by atoms with van der Waals surface area (Å²) in [6.07, 6.45) is 9.18. The van der Waals surface area contributed by atoms with Crippen LogP contribution in [-0.2, 0) is 24.2 Å². The summed E-state index contributed by atoms with van der Waals surface area (Å²) in [7, 11) is 0. The summed E-state index contributed by atoms with van der Waals surface area (Å²) in [4.78, 5) is 20.6. The zero-order chi connectivity index (χ0) is 14.5. The SMILES string of the molecule is O=C(NCCCc1ccccn1)C1CCc2cncn2C1. The molecule has 1 aliphatic heterocycles. The van der Waals surface area contributed by atoms with Gasteiger partial charge in [0, 0.05) is 36.9 Å². The Morgan fingerprint density at radius 1 is 1.43 bits per heavy atom. The lowest BCUT2D eigenvalue weighted by Crippen LogP contribution is -2.36. The number of pyridine rings is 1. The monoisotopic (exact) mass is 284 g/mol. The Labute approximate surface area is 124 Å². The van der Waals surface area contributed by atoms with Crippen molar-refractivity contribution in [3.63, 3.8) is 0 Å². The Kier molecular flexibility index (Phi) is 4.28. The highest BCUT2D eigenvalue weighted by atomic mass is 16.1. The quantitative estimate of drug-likeness (QED) is 0.848. The molecule has 1 atom stereocenters. The van der Waals surface area contributed by atoms with Crippen LogP contribution in [0.25, 0.3) is 0 Å². The molecule has 0 fully saturated rings. The van der Waals surface area contributed by atoms with Crippen molar-refractivity contribution in [1.82, 2.24) is 19.9 Å². The standard InChI is InChI=1S/C16H20N4O/c21-16(13-6-7-15-10-17-12-20(15)11-13)19-9-3-5-14-4-1-2-8-18-14/h1-2,4,8,10,12-13H,3,5-7,9,11H2,(H,19,21). The fraction of sp³-hybridized carbons (Fsp3) is 0.438. The molecule has 2 aromatic heterocycles. The fourth-order valence-electron chi connectivity index (χ4n) is 2.76. The highest BCUT2D eigenvalue weighted by Gasteiger charge is 2.24. The van der Waals surface area contributed by atoms with E-state index in [1.807, 2.05) is 30.7 Å². The first-order chi connectivity index (χ1) is 10.3. The van der Waals surface area contributed by atoms with E-state index >= 15 is 0 Å². The Morgan fingerprint density at radius 2 is 2.38 bits per heavy atom. The maximum atomic E-state index is 12.2. The van der Waals surface area contributed by atoms with Gasteiger partial charge in [-0.15, -0.1) is 0 Å². The van der Waals surface area contributed by atoms with Crippen molar-refractivity contribution in [2.75, 3.05) is 6.54 Å². The zero-order valence-electron chi connectivity index (χ0n) is 12.0. The van der Waals surface area contributed by atoms with E-state index in [4.69, 9.17) is 0 Å². The van der Waals surface area contributed by atoms with E-state index in [2.05, 4.69) is 19.9 Å². The molecule has 1 unspecified atom stereocenters. The van der Waals surface area contributed by atoms with Gasteiger partial charge in [-0.25, -0.2) is 4.98 Å². The Hall–Kier alpha value is -2.17. The number of nitrogens with one attached hydrogen (secondary N) is 1. The van der Waals surface area contributed by atoms with Crippen molar-refractivity contribution < 1.29 is 4.79 Å². The predicted octanol–water partition coefficient (Wildman–Crippen LogP) is 1.59. The van der Waals surface area contributed by atoms with Gasteiger partial charge in [0.1, 0.15) is 0 Å². The summed E-state index contributed by atoms with van der Waals surface area (Å²) in [5.41, 5.74) is 2.31. The molecule has 3 rings (SSSR count). The summed E-state index contributed by atoms with van der Waals surface area (Å²) in [5, 5.41) is 3.05. The molecule has 0 aromatic carbocycles. The lowest BCUT2D eigenvalue weighted by Gasteiger charge is -2.23. The molecule has 0 saturated carbocycles. The van der Waals surface area contributed by atoms with Gasteiger partial charge >= 0.3 is 0 Å². The molecule has 0 aliphatic carbocycles. The van der Waals surface area contributed by atoms with E-state index in [1.54, 1.807) is 6.20 Å². The first kappa shape index (κ1) is 13.8. The number of nitrogens with zero attached hydrogens (tertiary/aromatic N) is 3. The molecule has 1 amide bonds. The molecule has 21 heavy (non-hydrogen) atoms. The second-order valence-electron chi connectivity index (χ2n) is 5.49. The molecular formula is C16H20N4O. The molecule has 5 heteroatoms. The summed E-state index contributed by atoms with van der Waals surface area (Å²) < 4.78 is 2.08. The molecule has 0 radical (unpaired) electrons. The van der Waals surface area contributed by atoms with Crippen LogP contribution in [0.5, 0.6) is 0 Å². The minimum absolute atomic E-state index is 0.0709. The van der Waals surface area contributed by atoms with Crippen LogP contribution in [0.15, 0.2) is 36.9 Å². The van der Waals surface area contributed by atoms with Crippen LogP contribution in [0.1, 0.15) is 24.2 Å². The minimum atomic E-state index is 0.0709. The zero-order valence-corrected chi connectivity index (χ0v) is 12.0. The summed E-state index contributed by atoms with van der Waals surface area (Å²) in [5.74, 6) is 0.233. The number of fused-ring (bicyclic) bond motifs is 1.